The lowest BCUT2D eigenvalue weighted by Crippen LogP contribution is -2.13. The van der Waals surface area contributed by atoms with Gasteiger partial charge in [-0.1, -0.05) is 19.1 Å². The van der Waals surface area contributed by atoms with Crippen LogP contribution in [0.15, 0.2) is 48.8 Å². The van der Waals surface area contributed by atoms with Gasteiger partial charge in [0.05, 0.1) is 17.9 Å². The van der Waals surface area contributed by atoms with Crippen molar-refractivity contribution in [2.45, 2.75) is 32.7 Å². The molecule has 32 heavy (non-hydrogen) atoms. The van der Waals surface area contributed by atoms with Crippen molar-refractivity contribution < 1.29 is 13.4 Å². The molecule has 0 amide bonds. The number of fused-ring (bicyclic) bond motifs is 1. The molecule has 1 saturated carbocycles. The van der Waals surface area contributed by atoms with Gasteiger partial charge in [-0.15, -0.1) is 5.10 Å². The molecule has 0 bridgehead atoms. The summed E-state index contributed by atoms with van der Waals surface area (Å²) < 4.78 is 20.9. The Morgan fingerprint density at radius 1 is 1.28 bits per heavy atom. The molecule has 3 N–H and O–H groups in total. The third-order valence-electron chi connectivity index (χ3n) is 5.77. The van der Waals surface area contributed by atoms with E-state index < -0.39 is 0 Å². The number of hydrogen-bond donors (Lipinski definition) is 2. The Morgan fingerprint density at radius 3 is 2.81 bits per heavy atom. The predicted molar refractivity (Wildman–Crippen MR) is 126 cm³/mol. The maximum absolute atomic E-state index is 13.3. The number of nitrogens with zero attached hydrogens (tertiary/aromatic N) is 5. The van der Waals surface area contributed by atoms with E-state index in [9.17, 15) is 4.39 Å². The van der Waals surface area contributed by atoms with E-state index in [2.05, 4.69) is 32.3 Å². The number of hydrogen-bond acceptors (Lipinski definition) is 7. The van der Waals surface area contributed by atoms with Crippen LogP contribution in [0.25, 0.3) is 16.9 Å². The van der Waals surface area contributed by atoms with E-state index in [1.807, 2.05) is 6.92 Å². The van der Waals surface area contributed by atoms with E-state index in [-0.39, 0.29) is 27.6 Å². The fraction of sp³-hybridized carbons (Fsp3) is 0.304. The smallest absolute Gasteiger partial charge is 0.318 e. The minimum Gasteiger partial charge on any atom is -0.463 e. The molecule has 0 unspecified atom stereocenters. The van der Waals surface area contributed by atoms with Crippen molar-refractivity contribution in [2.24, 2.45) is 5.41 Å². The molecule has 1 atom stereocenters. The number of aromatic nitrogens is 5. The van der Waals surface area contributed by atoms with Gasteiger partial charge in [0.25, 0.3) is 0 Å². The number of benzene rings is 1. The summed E-state index contributed by atoms with van der Waals surface area (Å²) in [6.45, 7) is 4.71. The molecular weight excluding hydrogens is 409 g/mol. The minimum absolute atomic E-state index is 0. The number of nitrogen functional groups attached to an aromatic ring is 1. The Morgan fingerprint density at radius 2 is 2.06 bits per heavy atom. The summed E-state index contributed by atoms with van der Waals surface area (Å²) in [6, 6.07) is 10.1. The molecule has 5 rings (SSSR count). The summed E-state index contributed by atoms with van der Waals surface area (Å²) in [4.78, 5) is 13.6. The number of nitrogens with two attached hydrogens (primary N) is 1. The Kier molecular flexibility index (Phi) is 4.88. The van der Waals surface area contributed by atoms with Gasteiger partial charge < -0.3 is 15.8 Å². The maximum atomic E-state index is 13.3. The van der Waals surface area contributed by atoms with Crippen LogP contribution >= 0.6 is 0 Å². The average Bonchev–Trinajstić information content (AvgIpc) is 3.41. The van der Waals surface area contributed by atoms with Gasteiger partial charge in [-0.25, -0.2) is 13.9 Å². The lowest BCUT2D eigenvalue weighted by molar-refractivity contribution is 0.230. The van der Waals surface area contributed by atoms with Gasteiger partial charge in [0.15, 0.2) is 11.5 Å². The van der Waals surface area contributed by atoms with E-state index >= 15 is 0 Å². The highest BCUT2D eigenvalue weighted by molar-refractivity contribution is 5.85. The first kappa shape index (κ1) is 20.2. The summed E-state index contributed by atoms with van der Waals surface area (Å²) in [7, 11) is 0. The van der Waals surface area contributed by atoms with Crippen LogP contribution < -0.4 is 15.8 Å². The van der Waals surface area contributed by atoms with E-state index in [0.29, 0.717) is 35.1 Å². The number of halogens is 1. The first-order valence-corrected chi connectivity index (χ1v) is 10.5. The zero-order valence-corrected chi connectivity index (χ0v) is 17.9. The van der Waals surface area contributed by atoms with Crippen LogP contribution in [0.2, 0.25) is 0 Å². The molecule has 0 saturated heterocycles. The first-order chi connectivity index (χ1) is 15.4. The molecule has 1 fully saturated rings. The lowest BCUT2D eigenvalue weighted by Gasteiger charge is -2.17. The van der Waals surface area contributed by atoms with Gasteiger partial charge in [0.2, 0.25) is 0 Å². The zero-order chi connectivity index (χ0) is 22.3. The van der Waals surface area contributed by atoms with Crippen LogP contribution in [0.5, 0.6) is 6.01 Å². The van der Waals surface area contributed by atoms with Crippen molar-refractivity contribution >= 4 is 17.3 Å². The van der Waals surface area contributed by atoms with Gasteiger partial charge in [0, 0.05) is 34.2 Å². The quantitative estimate of drug-likeness (QED) is 0.418. The van der Waals surface area contributed by atoms with Crippen LogP contribution in [-0.4, -0.2) is 31.2 Å². The van der Waals surface area contributed by atoms with Crippen molar-refractivity contribution in [2.75, 3.05) is 17.7 Å². The van der Waals surface area contributed by atoms with Crippen LogP contribution in [-0.2, 0) is 0 Å². The van der Waals surface area contributed by atoms with Crippen LogP contribution in [0.1, 0.15) is 42.6 Å². The molecule has 8 nitrogen and oxygen atoms in total. The number of ether oxygens (including phenoxy) is 1. The topological polar surface area (TPSA) is 103 Å². The highest BCUT2D eigenvalue weighted by atomic mass is 19.1. The van der Waals surface area contributed by atoms with Crippen molar-refractivity contribution in [3.05, 3.63) is 60.2 Å². The van der Waals surface area contributed by atoms with E-state index in [0.717, 1.165) is 18.4 Å². The molecule has 0 radical (unpaired) electrons. The second-order valence-electron chi connectivity index (χ2n) is 8.59. The summed E-state index contributed by atoms with van der Waals surface area (Å²) in [5.41, 5.74) is 9.11. The van der Waals surface area contributed by atoms with Crippen molar-refractivity contribution in [3.8, 4) is 17.3 Å². The van der Waals surface area contributed by atoms with E-state index in [4.69, 9.17) is 10.5 Å². The van der Waals surface area contributed by atoms with Crippen LogP contribution in [0.4, 0.5) is 16.0 Å². The second-order valence-corrected chi connectivity index (χ2v) is 8.59. The molecule has 0 aliphatic heterocycles. The number of rotatable bonds is 7. The van der Waals surface area contributed by atoms with Gasteiger partial charge in [-0.05, 0) is 43.5 Å². The Balaban J connectivity index is 0.00000144. The predicted octanol–water partition coefficient (Wildman–Crippen LogP) is 5.00. The number of nitrogens with one attached hydrogen (secondary N) is 1. The molecule has 3 aromatic heterocycles. The first-order valence-electron chi connectivity index (χ1n) is 10.5. The Bertz CT molecular complexity index is 1280. The molecule has 1 aliphatic rings. The molecule has 1 aliphatic carbocycles. The largest absolute Gasteiger partial charge is 0.463 e. The second kappa shape index (κ2) is 7.74. The van der Waals surface area contributed by atoms with E-state index in [1.165, 1.54) is 12.1 Å². The SMILES string of the molecule is C[C@H](Nc1cc(-c2c(N)nn3cccnc23)nc(OCC2(C)CC2)n1)c1ccc(F)cc1.[HH].[HH].[HH]. The Labute approximate surface area is 189 Å². The molecule has 170 valence electrons. The van der Waals surface area contributed by atoms with Crippen molar-refractivity contribution in [1.29, 1.82) is 0 Å². The van der Waals surface area contributed by atoms with Gasteiger partial charge in [0.1, 0.15) is 11.6 Å². The molecular formula is C23H30FN7O. The summed E-state index contributed by atoms with van der Waals surface area (Å²) in [5.74, 6) is 0.614. The van der Waals surface area contributed by atoms with Gasteiger partial charge >= 0.3 is 6.01 Å². The van der Waals surface area contributed by atoms with Crippen molar-refractivity contribution in [1.82, 2.24) is 24.6 Å². The van der Waals surface area contributed by atoms with Gasteiger partial charge in [-0.3, -0.25) is 0 Å². The molecule has 0 spiro atoms. The molecule has 4 aromatic rings. The number of anilines is 2. The zero-order valence-electron chi connectivity index (χ0n) is 17.9. The third-order valence-corrected chi connectivity index (χ3v) is 5.77. The molecule has 1 aromatic carbocycles. The average molecular weight is 440 g/mol. The standard InChI is InChI=1S/C23H24FN7O.3H2/c1-14(15-4-6-16(24)7-5-15)27-18-12-17(28-22(29-18)32-13-23(2)8-9-23)19-20(25)30-31-11-3-10-26-21(19)31;;;/h3-7,10-12,14H,8-9,13H2,1-2H3,(H2,25,30)(H,27,28,29);3*1H/t14-;;;/m0.../s1. The maximum Gasteiger partial charge on any atom is 0.318 e. The lowest BCUT2D eigenvalue weighted by atomic mass is 10.1. The van der Waals surface area contributed by atoms with E-state index in [1.54, 1.807) is 41.2 Å². The highest BCUT2D eigenvalue weighted by Gasteiger charge is 2.38. The van der Waals surface area contributed by atoms with Crippen LogP contribution in [0.3, 0.4) is 0 Å². The Hall–Kier alpha value is -3.75. The fourth-order valence-electron chi connectivity index (χ4n) is 3.49. The monoisotopic (exact) mass is 439 g/mol. The van der Waals surface area contributed by atoms with Crippen LogP contribution in [0, 0.1) is 11.2 Å². The molecule has 3 heterocycles. The summed E-state index contributed by atoms with van der Waals surface area (Å²) >= 11 is 0. The third kappa shape index (κ3) is 4.05. The van der Waals surface area contributed by atoms with Crippen molar-refractivity contribution in [3.63, 3.8) is 0 Å². The molecule has 9 heteroatoms. The summed E-state index contributed by atoms with van der Waals surface area (Å²) in [6.07, 6.45) is 5.72. The fourth-order valence-corrected chi connectivity index (χ4v) is 3.49. The summed E-state index contributed by atoms with van der Waals surface area (Å²) in [5, 5.41) is 7.69. The van der Waals surface area contributed by atoms with Gasteiger partial charge in [-0.2, -0.15) is 9.97 Å². The normalized spacial score (nSPS) is 15.5. The minimum atomic E-state index is -0.273. The highest BCUT2D eigenvalue weighted by Crippen LogP contribution is 2.45.